The molecule has 71 valence electrons. The van der Waals surface area contributed by atoms with Gasteiger partial charge in [0.15, 0.2) is 0 Å². The summed E-state index contributed by atoms with van der Waals surface area (Å²) in [5.74, 6) is 2.02. The van der Waals surface area contributed by atoms with Crippen molar-refractivity contribution in [1.82, 2.24) is 0 Å². The van der Waals surface area contributed by atoms with Gasteiger partial charge in [-0.15, -0.1) is 0 Å². The quantitative estimate of drug-likeness (QED) is 0.588. The van der Waals surface area contributed by atoms with Crippen molar-refractivity contribution in [2.45, 2.75) is 58.8 Å². The second-order valence-electron chi connectivity index (χ2n) is 4.26. The minimum atomic E-state index is 0.947. The zero-order valence-electron chi connectivity index (χ0n) is 8.68. The number of hydrogen-bond donors (Lipinski definition) is 0. The molecule has 1 aliphatic rings. The number of rotatable bonds is 4. The summed E-state index contributed by atoms with van der Waals surface area (Å²) in [5, 5.41) is 0. The second kappa shape index (κ2) is 5.61. The first-order valence-electron chi connectivity index (χ1n) is 5.66. The summed E-state index contributed by atoms with van der Waals surface area (Å²) >= 11 is 0. The molecule has 0 atom stereocenters. The van der Waals surface area contributed by atoms with Crippen LogP contribution in [-0.4, -0.2) is 0 Å². The van der Waals surface area contributed by atoms with E-state index in [1.165, 1.54) is 44.9 Å². The Kier molecular flexibility index (Phi) is 4.72. The minimum absolute atomic E-state index is 0.947. The molecule has 0 aromatic rings. The van der Waals surface area contributed by atoms with Crippen LogP contribution in [0.4, 0.5) is 0 Å². The maximum Gasteiger partial charge on any atom is -0.0386 e. The van der Waals surface area contributed by atoms with Crippen molar-refractivity contribution < 1.29 is 0 Å². The Hall–Kier alpha value is 0. The SMILES string of the molecule is C[CH]C1CCC(CCCC)CC1. The Labute approximate surface area is 77.7 Å². The monoisotopic (exact) mass is 167 g/mol. The average molecular weight is 167 g/mol. The van der Waals surface area contributed by atoms with Crippen LogP contribution in [0.1, 0.15) is 58.8 Å². The molecule has 0 saturated heterocycles. The van der Waals surface area contributed by atoms with E-state index >= 15 is 0 Å². The third-order valence-electron chi connectivity index (χ3n) is 3.33. The lowest BCUT2D eigenvalue weighted by atomic mass is 9.79. The fourth-order valence-corrected chi connectivity index (χ4v) is 2.30. The van der Waals surface area contributed by atoms with Crippen LogP contribution in [-0.2, 0) is 0 Å². The van der Waals surface area contributed by atoms with Gasteiger partial charge in [-0.05, 0) is 31.1 Å². The van der Waals surface area contributed by atoms with Crippen LogP contribution in [0.3, 0.4) is 0 Å². The van der Waals surface area contributed by atoms with Gasteiger partial charge in [0.2, 0.25) is 0 Å². The van der Waals surface area contributed by atoms with Crippen LogP contribution in [0.25, 0.3) is 0 Å². The van der Waals surface area contributed by atoms with Crippen molar-refractivity contribution in [3.05, 3.63) is 6.42 Å². The molecule has 1 rings (SSSR count). The van der Waals surface area contributed by atoms with Gasteiger partial charge in [-0.3, -0.25) is 0 Å². The largest absolute Gasteiger partial charge is 0.0654 e. The molecular weight excluding hydrogens is 144 g/mol. The number of hydrogen-bond acceptors (Lipinski definition) is 0. The van der Waals surface area contributed by atoms with Crippen LogP contribution in [0, 0.1) is 18.3 Å². The van der Waals surface area contributed by atoms with E-state index in [0.717, 1.165) is 11.8 Å². The molecule has 0 N–H and O–H groups in total. The summed E-state index contributed by atoms with van der Waals surface area (Å²) in [6, 6.07) is 0. The van der Waals surface area contributed by atoms with Crippen molar-refractivity contribution in [2.75, 3.05) is 0 Å². The van der Waals surface area contributed by atoms with Crippen molar-refractivity contribution in [3.8, 4) is 0 Å². The van der Waals surface area contributed by atoms with Gasteiger partial charge in [-0.25, -0.2) is 0 Å². The highest BCUT2D eigenvalue weighted by molar-refractivity contribution is 4.78. The summed E-state index contributed by atoms with van der Waals surface area (Å²) in [5.41, 5.74) is 0. The van der Waals surface area contributed by atoms with Gasteiger partial charge in [-0.2, -0.15) is 0 Å². The van der Waals surface area contributed by atoms with Gasteiger partial charge >= 0.3 is 0 Å². The van der Waals surface area contributed by atoms with Gasteiger partial charge in [-0.1, -0.05) is 46.0 Å². The molecular formula is C12H23. The molecule has 0 aromatic carbocycles. The van der Waals surface area contributed by atoms with Crippen molar-refractivity contribution in [2.24, 2.45) is 11.8 Å². The molecule has 0 nitrogen and oxygen atoms in total. The molecule has 1 saturated carbocycles. The lowest BCUT2D eigenvalue weighted by Gasteiger charge is -2.27. The van der Waals surface area contributed by atoms with Gasteiger partial charge in [0, 0.05) is 0 Å². The molecule has 0 bridgehead atoms. The van der Waals surface area contributed by atoms with Crippen LogP contribution in [0.2, 0.25) is 0 Å². The summed E-state index contributed by atoms with van der Waals surface area (Å²) in [6.45, 7) is 4.52. The van der Waals surface area contributed by atoms with Crippen LogP contribution in [0.5, 0.6) is 0 Å². The third kappa shape index (κ3) is 3.16. The fraction of sp³-hybridized carbons (Fsp3) is 0.917. The van der Waals surface area contributed by atoms with E-state index in [9.17, 15) is 0 Å². The average Bonchev–Trinajstić information content (AvgIpc) is 2.15. The predicted octanol–water partition coefficient (Wildman–Crippen LogP) is 4.21. The van der Waals surface area contributed by atoms with E-state index in [4.69, 9.17) is 0 Å². The summed E-state index contributed by atoms with van der Waals surface area (Å²) in [6.07, 6.45) is 12.6. The maximum absolute atomic E-state index is 2.40. The third-order valence-corrected chi connectivity index (χ3v) is 3.33. The molecule has 0 aromatic heterocycles. The van der Waals surface area contributed by atoms with Crippen molar-refractivity contribution >= 4 is 0 Å². The zero-order valence-corrected chi connectivity index (χ0v) is 8.68. The Balaban J connectivity index is 2.09. The molecule has 0 heterocycles. The Morgan fingerprint density at radius 3 is 2.33 bits per heavy atom. The molecule has 0 spiro atoms. The van der Waals surface area contributed by atoms with Gasteiger partial charge in [0.25, 0.3) is 0 Å². The molecule has 0 unspecified atom stereocenters. The topological polar surface area (TPSA) is 0 Å². The first-order chi connectivity index (χ1) is 5.86. The lowest BCUT2D eigenvalue weighted by Crippen LogP contribution is -2.14. The van der Waals surface area contributed by atoms with Gasteiger partial charge in [0.05, 0.1) is 0 Å². The summed E-state index contributed by atoms with van der Waals surface area (Å²) in [7, 11) is 0. The smallest absolute Gasteiger partial charge is 0.0386 e. The molecule has 0 amide bonds. The second-order valence-corrected chi connectivity index (χ2v) is 4.26. The Morgan fingerprint density at radius 2 is 1.83 bits per heavy atom. The fourth-order valence-electron chi connectivity index (χ4n) is 2.30. The predicted molar refractivity (Wildman–Crippen MR) is 54.9 cm³/mol. The van der Waals surface area contributed by atoms with Crippen LogP contribution >= 0.6 is 0 Å². The van der Waals surface area contributed by atoms with Crippen LogP contribution in [0.15, 0.2) is 0 Å². The lowest BCUT2D eigenvalue weighted by molar-refractivity contribution is 0.281. The van der Waals surface area contributed by atoms with E-state index in [1.54, 1.807) is 0 Å². The van der Waals surface area contributed by atoms with E-state index in [0.29, 0.717) is 0 Å². The zero-order chi connectivity index (χ0) is 8.81. The Bertz CT molecular complexity index is 98.6. The molecule has 1 aliphatic carbocycles. The molecule has 1 fully saturated rings. The van der Waals surface area contributed by atoms with Gasteiger partial charge < -0.3 is 0 Å². The molecule has 12 heavy (non-hydrogen) atoms. The van der Waals surface area contributed by atoms with E-state index in [-0.39, 0.29) is 0 Å². The summed E-state index contributed by atoms with van der Waals surface area (Å²) in [4.78, 5) is 0. The van der Waals surface area contributed by atoms with Crippen molar-refractivity contribution in [3.63, 3.8) is 0 Å². The first-order valence-corrected chi connectivity index (χ1v) is 5.66. The highest BCUT2D eigenvalue weighted by Gasteiger charge is 2.18. The Morgan fingerprint density at radius 1 is 1.17 bits per heavy atom. The maximum atomic E-state index is 2.40. The minimum Gasteiger partial charge on any atom is -0.0654 e. The first kappa shape index (κ1) is 10.1. The molecule has 0 aliphatic heterocycles. The highest BCUT2D eigenvalue weighted by Crippen LogP contribution is 2.32. The normalized spacial score (nSPS) is 30.5. The number of unbranched alkanes of at least 4 members (excludes halogenated alkanes) is 1. The summed E-state index contributed by atoms with van der Waals surface area (Å²) < 4.78 is 0. The van der Waals surface area contributed by atoms with Crippen LogP contribution < -0.4 is 0 Å². The molecule has 1 radical (unpaired) electrons. The van der Waals surface area contributed by atoms with Gasteiger partial charge in [0.1, 0.15) is 0 Å². The highest BCUT2D eigenvalue weighted by atomic mass is 14.2. The molecule has 0 heteroatoms. The van der Waals surface area contributed by atoms with E-state index in [1.807, 2.05) is 0 Å². The standard InChI is InChI=1S/C12H23/c1-3-5-6-12-9-7-11(4-2)8-10-12/h4,11-12H,3,5-10H2,1-2H3. The van der Waals surface area contributed by atoms with E-state index < -0.39 is 0 Å². The van der Waals surface area contributed by atoms with E-state index in [2.05, 4.69) is 20.3 Å². The van der Waals surface area contributed by atoms with Crippen molar-refractivity contribution in [1.29, 1.82) is 0 Å².